The van der Waals surface area contributed by atoms with Crippen LogP contribution < -0.4 is 10.1 Å². The van der Waals surface area contributed by atoms with Gasteiger partial charge in [0.25, 0.3) is 0 Å². The highest BCUT2D eigenvalue weighted by Gasteiger charge is 2.26. The smallest absolute Gasteiger partial charge is 0.119 e. The van der Waals surface area contributed by atoms with Crippen molar-refractivity contribution in [2.75, 3.05) is 6.61 Å². The molecule has 0 amide bonds. The second-order valence-electron chi connectivity index (χ2n) is 5.83. The summed E-state index contributed by atoms with van der Waals surface area (Å²) in [5.74, 6) is 2.61. The van der Waals surface area contributed by atoms with Crippen LogP contribution in [0.2, 0.25) is 0 Å². The zero-order valence-electron chi connectivity index (χ0n) is 12.5. The summed E-state index contributed by atoms with van der Waals surface area (Å²) in [5.41, 5.74) is 1.34. The van der Waals surface area contributed by atoms with Crippen LogP contribution in [-0.4, -0.2) is 12.6 Å². The molecule has 0 saturated heterocycles. The van der Waals surface area contributed by atoms with Crippen molar-refractivity contribution in [3.05, 3.63) is 29.8 Å². The molecule has 1 saturated carbocycles. The molecule has 2 rings (SSSR count). The van der Waals surface area contributed by atoms with Crippen LogP contribution in [0.15, 0.2) is 24.3 Å². The van der Waals surface area contributed by atoms with Gasteiger partial charge in [-0.05, 0) is 42.9 Å². The van der Waals surface area contributed by atoms with Gasteiger partial charge in [-0.1, -0.05) is 38.8 Å². The number of nitrogens with one attached hydrogen (secondary N) is 1. The summed E-state index contributed by atoms with van der Waals surface area (Å²) in [6.07, 6.45) is 4.08. The van der Waals surface area contributed by atoms with Crippen molar-refractivity contribution < 1.29 is 4.74 Å². The van der Waals surface area contributed by atoms with E-state index in [0.29, 0.717) is 6.04 Å². The molecule has 1 aliphatic carbocycles. The lowest BCUT2D eigenvalue weighted by Crippen LogP contribution is -2.40. The van der Waals surface area contributed by atoms with Crippen LogP contribution in [0.4, 0.5) is 0 Å². The van der Waals surface area contributed by atoms with Crippen molar-refractivity contribution >= 4 is 0 Å². The molecular formula is C17H27NO. The molecule has 3 unspecified atom stereocenters. The van der Waals surface area contributed by atoms with Crippen LogP contribution in [0, 0.1) is 11.8 Å². The predicted octanol–water partition coefficient (Wildman–Crippen LogP) is 4.00. The molecule has 106 valence electrons. The number of hydrogen-bond acceptors (Lipinski definition) is 2. The van der Waals surface area contributed by atoms with Gasteiger partial charge in [-0.15, -0.1) is 0 Å². The molecule has 0 aromatic heterocycles. The van der Waals surface area contributed by atoms with E-state index < -0.39 is 0 Å². The topological polar surface area (TPSA) is 21.3 Å². The van der Waals surface area contributed by atoms with Crippen molar-refractivity contribution in [2.24, 2.45) is 11.8 Å². The predicted molar refractivity (Wildman–Crippen MR) is 80.4 cm³/mol. The number of benzene rings is 1. The van der Waals surface area contributed by atoms with Gasteiger partial charge in [-0.25, -0.2) is 0 Å². The van der Waals surface area contributed by atoms with Gasteiger partial charge in [0, 0.05) is 12.6 Å². The van der Waals surface area contributed by atoms with Crippen LogP contribution in [0.25, 0.3) is 0 Å². The molecule has 0 aliphatic heterocycles. The SMILES string of the molecule is CCOc1ccc(CNC2CCCC(C)C2C)cc1. The highest BCUT2D eigenvalue weighted by molar-refractivity contribution is 5.27. The lowest BCUT2D eigenvalue weighted by molar-refractivity contribution is 0.206. The maximum absolute atomic E-state index is 5.47. The van der Waals surface area contributed by atoms with Crippen molar-refractivity contribution in [2.45, 2.75) is 52.6 Å². The lowest BCUT2D eigenvalue weighted by Gasteiger charge is -2.34. The second-order valence-corrected chi connectivity index (χ2v) is 5.83. The van der Waals surface area contributed by atoms with E-state index in [4.69, 9.17) is 4.74 Å². The Morgan fingerprint density at radius 2 is 1.89 bits per heavy atom. The number of rotatable bonds is 5. The summed E-state index contributed by atoms with van der Waals surface area (Å²) in [4.78, 5) is 0. The third-order valence-electron chi connectivity index (χ3n) is 4.51. The summed E-state index contributed by atoms with van der Waals surface area (Å²) in [6.45, 7) is 8.49. The zero-order valence-corrected chi connectivity index (χ0v) is 12.5. The Bertz CT molecular complexity index is 373. The van der Waals surface area contributed by atoms with Crippen LogP contribution in [0.3, 0.4) is 0 Å². The van der Waals surface area contributed by atoms with Crippen molar-refractivity contribution in [1.82, 2.24) is 5.32 Å². The third kappa shape index (κ3) is 3.97. The Morgan fingerprint density at radius 3 is 2.58 bits per heavy atom. The molecular weight excluding hydrogens is 234 g/mol. The molecule has 19 heavy (non-hydrogen) atoms. The van der Waals surface area contributed by atoms with Crippen LogP contribution >= 0.6 is 0 Å². The third-order valence-corrected chi connectivity index (χ3v) is 4.51. The van der Waals surface area contributed by atoms with E-state index in [1.807, 2.05) is 6.92 Å². The lowest BCUT2D eigenvalue weighted by atomic mass is 9.78. The first kappa shape index (κ1) is 14.4. The summed E-state index contributed by atoms with van der Waals surface area (Å²) in [5, 5.41) is 3.73. The maximum atomic E-state index is 5.47. The van der Waals surface area contributed by atoms with Gasteiger partial charge in [-0.2, -0.15) is 0 Å². The van der Waals surface area contributed by atoms with E-state index in [1.54, 1.807) is 0 Å². The van der Waals surface area contributed by atoms with E-state index in [-0.39, 0.29) is 0 Å². The molecule has 0 radical (unpaired) electrons. The fourth-order valence-electron chi connectivity index (χ4n) is 2.99. The summed E-state index contributed by atoms with van der Waals surface area (Å²) in [6, 6.07) is 9.13. The average Bonchev–Trinajstić information content (AvgIpc) is 2.42. The Balaban J connectivity index is 1.84. The van der Waals surface area contributed by atoms with E-state index in [9.17, 15) is 0 Å². The Hall–Kier alpha value is -1.02. The molecule has 1 aliphatic rings. The molecule has 1 N–H and O–H groups in total. The largest absolute Gasteiger partial charge is 0.494 e. The normalized spacial score (nSPS) is 27.2. The maximum Gasteiger partial charge on any atom is 0.119 e. The first-order valence-electron chi connectivity index (χ1n) is 7.65. The van der Waals surface area contributed by atoms with Gasteiger partial charge >= 0.3 is 0 Å². The monoisotopic (exact) mass is 261 g/mol. The van der Waals surface area contributed by atoms with Crippen molar-refractivity contribution in [1.29, 1.82) is 0 Å². The van der Waals surface area contributed by atoms with Gasteiger partial charge in [0.2, 0.25) is 0 Å². The minimum absolute atomic E-state index is 0.676. The van der Waals surface area contributed by atoms with Gasteiger partial charge in [0.05, 0.1) is 6.61 Å². The molecule has 2 nitrogen and oxygen atoms in total. The van der Waals surface area contributed by atoms with E-state index in [1.165, 1.54) is 24.8 Å². The quantitative estimate of drug-likeness (QED) is 0.865. The number of ether oxygens (including phenoxy) is 1. The summed E-state index contributed by atoms with van der Waals surface area (Å²) >= 11 is 0. The Labute approximate surface area is 117 Å². The molecule has 1 aromatic rings. The van der Waals surface area contributed by atoms with Crippen LogP contribution in [0.5, 0.6) is 5.75 Å². The van der Waals surface area contributed by atoms with E-state index >= 15 is 0 Å². The van der Waals surface area contributed by atoms with Crippen LogP contribution in [-0.2, 0) is 6.54 Å². The highest BCUT2D eigenvalue weighted by atomic mass is 16.5. The van der Waals surface area contributed by atoms with Crippen molar-refractivity contribution in [3.8, 4) is 5.75 Å². The Morgan fingerprint density at radius 1 is 1.16 bits per heavy atom. The first-order chi connectivity index (χ1) is 9.20. The summed E-state index contributed by atoms with van der Waals surface area (Å²) < 4.78 is 5.47. The van der Waals surface area contributed by atoms with Gasteiger partial charge in [-0.3, -0.25) is 0 Å². The standard InChI is InChI=1S/C17H27NO/c1-4-19-16-10-8-15(9-11-16)12-18-17-7-5-6-13(2)14(17)3/h8-11,13-14,17-18H,4-7,12H2,1-3H3. The van der Waals surface area contributed by atoms with Gasteiger partial charge in [0.15, 0.2) is 0 Å². The number of hydrogen-bond donors (Lipinski definition) is 1. The molecule has 0 heterocycles. The summed E-state index contributed by atoms with van der Waals surface area (Å²) in [7, 11) is 0. The minimum Gasteiger partial charge on any atom is -0.494 e. The van der Waals surface area contributed by atoms with Crippen LogP contribution in [0.1, 0.15) is 45.6 Å². The van der Waals surface area contributed by atoms with Gasteiger partial charge < -0.3 is 10.1 Å². The molecule has 0 bridgehead atoms. The minimum atomic E-state index is 0.676. The highest BCUT2D eigenvalue weighted by Crippen LogP contribution is 2.29. The molecule has 0 spiro atoms. The fourth-order valence-corrected chi connectivity index (χ4v) is 2.99. The first-order valence-corrected chi connectivity index (χ1v) is 7.65. The fraction of sp³-hybridized carbons (Fsp3) is 0.647. The second kappa shape index (κ2) is 6.95. The molecule has 1 aromatic carbocycles. The zero-order chi connectivity index (χ0) is 13.7. The van der Waals surface area contributed by atoms with E-state index in [0.717, 1.165) is 30.7 Å². The molecule has 2 heteroatoms. The Kier molecular flexibility index (Phi) is 5.26. The molecule has 3 atom stereocenters. The van der Waals surface area contributed by atoms with Crippen molar-refractivity contribution in [3.63, 3.8) is 0 Å². The molecule has 1 fully saturated rings. The van der Waals surface area contributed by atoms with E-state index in [2.05, 4.69) is 43.4 Å². The average molecular weight is 261 g/mol. The van der Waals surface area contributed by atoms with Gasteiger partial charge in [0.1, 0.15) is 5.75 Å².